The maximum atomic E-state index is 11.2. The van der Waals surface area contributed by atoms with E-state index in [0.717, 1.165) is 6.26 Å². The van der Waals surface area contributed by atoms with E-state index in [1.165, 1.54) is 6.07 Å². The fraction of sp³-hybridized carbons (Fsp3) is 0.500. The van der Waals surface area contributed by atoms with Crippen molar-refractivity contribution in [3.8, 4) is 0 Å². The van der Waals surface area contributed by atoms with Crippen molar-refractivity contribution in [3.05, 3.63) is 27.7 Å². The molecule has 0 amide bonds. The molecule has 0 aliphatic carbocycles. The van der Waals surface area contributed by atoms with Crippen LogP contribution in [0.5, 0.6) is 0 Å². The van der Waals surface area contributed by atoms with Gasteiger partial charge in [0.05, 0.1) is 28.1 Å². The van der Waals surface area contributed by atoms with E-state index in [9.17, 15) is 13.5 Å². The summed E-state index contributed by atoms with van der Waals surface area (Å²) < 4.78 is 24.6. The normalized spacial score (nSPS) is 13.6. The summed E-state index contributed by atoms with van der Waals surface area (Å²) in [6, 6.07) is 3.25. The van der Waals surface area contributed by atoms with Crippen molar-refractivity contribution in [2.45, 2.75) is 26.0 Å². The third-order valence-corrected chi connectivity index (χ3v) is 3.97. The monoisotopic (exact) mass is 340 g/mol. The quantitative estimate of drug-likeness (QED) is 0.742. The summed E-state index contributed by atoms with van der Waals surface area (Å²) in [4.78, 5) is 0. The van der Waals surface area contributed by atoms with Crippen LogP contribution in [0.3, 0.4) is 0 Å². The predicted molar refractivity (Wildman–Crippen MR) is 83.0 cm³/mol. The number of nitrogens with one attached hydrogen (secondary N) is 2. The third kappa shape index (κ3) is 5.10. The Morgan fingerprint density at radius 3 is 2.35 bits per heavy atom. The van der Waals surface area contributed by atoms with E-state index in [4.69, 9.17) is 23.2 Å². The predicted octanol–water partition coefficient (Wildman–Crippen LogP) is 2.40. The maximum absolute atomic E-state index is 11.2. The summed E-state index contributed by atoms with van der Waals surface area (Å²) in [5.74, 6) is 0. The molecule has 0 fully saturated rings. The SMILES string of the molecule is CC(C)NCC(O)c1ccc(NS(C)(=O)=O)c(Cl)c1Cl. The minimum Gasteiger partial charge on any atom is -0.387 e. The molecular formula is C12H18Cl2N2O3S. The number of halogens is 2. The van der Waals surface area contributed by atoms with E-state index >= 15 is 0 Å². The van der Waals surface area contributed by atoms with Gasteiger partial charge in [0.15, 0.2) is 0 Å². The van der Waals surface area contributed by atoms with Crippen LogP contribution in [0.1, 0.15) is 25.5 Å². The van der Waals surface area contributed by atoms with Crippen LogP contribution in [0, 0.1) is 0 Å². The largest absolute Gasteiger partial charge is 0.387 e. The van der Waals surface area contributed by atoms with Crippen LogP contribution in [0.4, 0.5) is 5.69 Å². The van der Waals surface area contributed by atoms with Crippen LogP contribution in [0.25, 0.3) is 0 Å². The number of hydrogen-bond donors (Lipinski definition) is 3. The zero-order valence-electron chi connectivity index (χ0n) is 11.4. The Labute approximate surface area is 129 Å². The molecule has 8 heteroatoms. The summed E-state index contributed by atoms with van der Waals surface area (Å²) in [5.41, 5.74) is 0.635. The third-order valence-electron chi connectivity index (χ3n) is 2.49. The molecule has 0 spiro atoms. The van der Waals surface area contributed by atoms with Gasteiger partial charge in [-0.1, -0.05) is 43.1 Å². The molecule has 0 heterocycles. The van der Waals surface area contributed by atoms with E-state index in [1.807, 2.05) is 13.8 Å². The molecule has 0 aliphatic rings. The van der Waals surface area contributed by atoms with Crippen LogP contribution >= 0.6 is 23.2 Å². The second-order valence-electron chi connectivity index (χ2n) is 4.78. The van der Waals surface area contributed by atoms with Crippen molar-refractivity contribution in [1.82, 2.24) is 5.32 Å². The first kappa shape index (κ1) is 17.5. The molecule has 20 heavy (non-hydrogen) atoms. The lowest BCUT2D eigenvalue weighted by Gasteiger charge is -2.17. The number of benzene rings is 1. The lowest BCUT2D eigenvalue weighted by molar-refractivity contribution is 0.172. The molecule has 1 rings (SSSR count). The second kappa shape index (κ2) is 6.95. The van der Waals surface area contributed by atoms with Crippen molar-refractivity contribution in [2.24, 2.45) is 0 Å². The van der Waals surface area contributed by atoms with Gasteiger partial charge in [0, 0.05) is 18.2 Å². The first-order chi connectivity index (χ1) is 9.11. The van der Waals surface area contributed by atoms with Crippen molar-refractivity contribution in [2.75, 3.05) is 17.5 Å². The number of aliphatic hydroxyl groups is 1. The van der Waals surface area contributed by atoms with Gasteiger partial charge in [0.2, 0.25) is 10.0 Å². The highest BCUT2D eigenvalue weighted by Crippen LogP contribution is 2.36. The molecular weight excluding hydrogens is 323 g/mol. The lowest BCUT2D eigenvalue weighted by Crippen LogP contribution is -2.28. The first-order valence-corrected chi connectivity index (χ1v) is 8.63. The number of anilines is 1. The Kier molecular flexibility index (Phi) is 6.09. The van der Waals surface area contributed by atoms with Gasteiger partial charge in [-0.05, 0) is 6.07 Å². The Hall–Kier alpha value is -0.530. The van der Waals surface area contributed by atoms with Gasteiger partial charge < -0.3 is 10.4 Å². The Morgan fingerprint density at radius 1 is 1.25 bits per heavy atom. The van der Waals surface area contributed by atoms with Gasteiger partial charge in [0.1, 0.15) is 0 Å². The molecule has 1 atom stereocenters. The minimum atomic E-state index is -3.44. The van der Waals surface area contributed by atoms with Gasteiger partial charge in [-0.15, -0.1) is 0 Å². The van der Waals surface area contributed by atoms with Gasteiger partial charge in [-0.3, -0.25) is 4.72 Å². The summed E-state index contributed by atoms with van der Waals surface area (Å²) in [6.07, 6.45) is 0.196. The summed E-state index contributed by atoms with van der Waals surface area (Å²) >= 11 is 12.1. The standard InChI is InChI=1S/C12H18Cl2N2O3S/c1-7(2)15-6-10(17)8-4-5-9(12(14)11(8)13)16-20(3,18)19/h4-5,7,10,15-17H,6H2,1-3H3. The highest BCUT2D eigenvalue weighted by atomic mass is 35.5. The molecule has 0 radical (unpaired) electrons. The molecule has 1 aromatic carbocycles. The molecule has 114 valence electrons. The number of hydrogen-bond acceptors (Lipinski definition) is 4. The van der Waals surface area contributed by atoms with Crippen LogP contribution < -0.4 is 10.0 Å². The number of aliphatic hydroxyl groups excluding tert-OH is 1. The van der Waals surface area contributed by atoms with Gasteiger partial charge in [0.25, 0.3) is 0 Å². The first-order valence-electron chi connectivity index (χ1n) is 5.99. The average Bonchev–Trinajstić information content (AvgIpc) is 2.30. The fourth-order valence-electron chi connectivity index (χ4n) is 1.56. The summed E-state index contributed by atoms with van der Waals surface area (Å²) in [5, 5.41) is 13.3. The molecule has 0 saturated heterocycles. The van der Waals surface area contributed by atoms with Crippen LogP contribution in [-0.2, 0) is 10.0 Å². The van der Waals surface area contributed by atoms with Crippen LogP contribution in [0.2, 0.25) is 10.0 Å². The van der Waals surface area contributed by atoms with E-state index in [-0.39, 0.29) is 21.8 Å². The summed E-state index contributed by atoms with van der Waals surface area (Å²) in [6.45, 7) is 4.24. The smallest absolute Gasteiger partial charge is 0.229 e. The average molecular weight is 341 g/mol. The molecule has 1 aromatic rings. The lowest BCUT2D eigenvalue weighted by atomic mass is 10.1. The minimum absolute atomic E-state index is 0.0678. The molecule has 3 N–H and O–H groups in total. The zero-order valence-corrected chi connectivity index (χ0v) is 13.8. The Bertz CT molecular complexity index is 576. The molecule has 5 nitrogen and oxygen atoms in total. The van der Waals surface area contributed by atoms with Crippen molar-refractivity contribution >= 4 is 38.9 Å². The molecule has 0 aromatic heterocycles. The van der Waals surface area contributed by atoms with E-state index < -0.39 is 16.1 Å². The van der Waals surface area contributed by atoms with Gasteiger partial charge >= 0.3 is 0 Å². The highest BCUT2D eigenvalue weighted by molar-refractivity contribution is 7.92. The Morgan fingerprint density at radius 2 is 1.85 bits per heavy atom. The fourth-order valence-corrected chi connectivity index (χ4v) is 2.69. The molecule has 1 unspecified atom stereocenters. The number of sulfonamides is 1. The number of rotatable bonds is 6. The van der Waals surface area contributed by atoms with Gasteiger partial charge in [-0.2, -0.15) is 0 Å². The van der Waals surface area contributed by atoms with Crippen LogP contribution in [-0.4, -0.2) is 32.4 Å². The molecule has 0 saturated carbocycles. The zero-order chi connectivity index (χ0) is 15.5. The van der Waals surface area contributed by atoms with Crippen molar-refractivity contribution in [3.63, 3.8) is 0 Å². The van der Waals surface area contributed by atoms with Gasteiger partial charge in [-0.25, -0.2) is 8.42 Å². The second-order valence-corrected chi connectivity index (χ2v) is 7.29. The molecule has 0 bridgehead atoms. The maximum Gasteiger partial charge on any atom is 0.229 e. The topological polar surface area (TPSA) is 78.4 Å². The van der Waals surface area contributed by atoms with Crippen LogP contribution in [0.15, 0.2) is 12.1 Å². The Balaban J connectivity index is 2.99. The molecule has 0 aliphatic heterocycles. The van der Waals surface area contributed by atoms with Crippen molar-refractivity contribution in [1.29, 1.82) is 0 Å². The van der Waals surface area contributed by atoms with E-state index in [2.05, 4.69) is 10.0 Å². The highest BCUT2D eigenvalue weighted by Gasteiger charge is 2.17. The van der Waals surface area contributed by atoms with E-state index in [0.29, 0.717) is 12.1 Å². The summed E-state index contributed by atoms with van der Waals surface area (Å²) in [7, 11) is -3.44. The van der Waals surface area contributed by atoms with E-state index in [1.54, 1.807) is 6.07 Å². The van der Waals surface area contributed by atoms with Crippen molar-refractivity contribution < 1.29 is 13.5 Å².